The summed E-state index contributed by atoms with van der Waals surface area (Å²) >= 11 is 0. The number of rotatable bonds is 4. The van der Waals surface area contributed by atoms with Gasteiger partial charge in [0.15, 0.2) is 0 Å². The summed E-state index contributed by atoms with van der Waals surface area (Å²) in [4.78, 5) is 14.7. The maximum absolute atomic E-state index is 12.0. The van der Waals surface area contributed by atoms with E-state index in [0.29, 0.717) is 5.92 Å². The molecule has 0 amide bonds. The summed E-state index contributed by atoms with van der Waals surface area (Å²) in [6, 6.07) is 0.811. The fraction of sp³-hybridized carbons (Fsp3) is 0.941. The van der Waals surface area contributed by atoms with Crippen LogP contribution >= 0.6 is 0 Å². The molecular formula is C17H30N2O2. The first-order valence-corrected chi connectivity index (χ1v) is 8.76. The van der Waals surface area contributed by atoms with E-state index in [1.165, 1.54) is 45.8 Å². The molecule has 3 aliphatic rings. The fourth-order valence-electron chi connectivity index (χ4n) is 5.12. The van der Waals surface area contributed by atoms with Crippen LogP contribution in [0.15, 0.2) is 0 Å². The molecule has 0 spiro atoms. The van der Waals surface area contributed by atoms with Crippen molar-refractivity contribution in [1.82, 2.24) is 4.90 Å². The molecule has 1 heterocycles. The number of nitrogens with zero attached hydrogens (tertiary/aromatic N) is 1. The van der Waals surface area contributed by atoms with Crippen molar-refractivity contribution in [3.8, 4) is 0 Å². The van der Waals surface area contributed by atoms with Crippen molar-refractivity contribution in [1.29, 1.82) is 0 Å². The normalized spacial score (nSPS) is 40.2. The van der Waals surface area contributed by atoms with Gasteiger partial charge in [0.25, 0.3) is 0 Å². The molecule has 0 aromatic heterocycles. The molecule has 2 aliphatic carbocycles. The van der Waals surface area contributed by atoms with Crippen molar-refractivity contribution >= 4 is 5.97 Å². The van der Waals surface area contributed by atoms with Crippen molar-refractivity contribution < 1.29 is 9.53 Å². The quantitative estimate of drug-likeness (QED) is 0.808. The molecule has 3 rings (SSSR count). The Morgan fingerprint density at radius 1 is 1.24 bits per heavy atom. The number of nitrogens with two attached hydrogens (primary N) is 1. The van der Waals surface area contributed by atoms with E-state index in [-0.39, 0.29) is 5.97 Å². The van der Waals surface area contributed by atoms with E-state index in [2.05, 4.69) is 4.90 Å². The minimum atomic E-state index is -0.723. The lowest BCUT2D eigenvalue weighted by atomic mass is 9.84. The third-order valence-electron chi connectivity index (χ3n) is 6.31. The number of methoxy groups -OCH3 is 1. The molecule has 0 aromatic carbocycles. The predicted octanol–water partition coefficient (Wildman–Crippen LogP) is 2.31. The average molecular weight is 294 g/mol. The summed E-state index contributed by atoms with van der Waals surface area (Å²) in [5.74, 6) is 1.03. The molecule has 1 aliphatic heterocycles. The van der Waals surface area contributed by atoms with E-state index in [1.807, 2.05) is 0 Å². The number of fused-ring (bicyclic) bond motifs is 1. The van der Waals surface area contributed by atoms with E-state index in [9.17, 15) is 4.79 Å². The van der Waals surface area contributed by atoms with E-state index >= 15 is 0 Å². The topological polar surface area (TPSA) is 55.6 Å². The second kappa shape index (κ2) is 6.25. The van der Waals surface area contributed by atoms with Crippen molar-refractivity contribution in [2.24, 2.45) is 17.6 Å². The van der Waals surface area contributed by atoms with Gasteiger partial charge in [-0.25, -0.2) is 0 Å². The molecule has 4 unspecified atom stereocenters. The summed E-state index contributed by atoms with van der Waals surface area (Å²) in [6.45, 7) is 2.35. The first-order chi connectivity index (χ1) is 10.1. The number of carbonyl (C=O) groups excluding carboxylic acids is 1. The number of carbonyl (C=O) groups is 1. The van der Waals surface area contributed by atoms with Gasteiger partial charge in [0.05, 0.1) is 7.11 Å². The zero-order chi connectivity index (χ0) is 14.9. The largest absolute Gasteiger partial charge is 0.468 e. The maximum atomic E-state index is 12.0. The van der Waals surface area contributed by atoms with Crippen LogP contribution in [0.4, 0.5) is 0 Å². The molecule has 4 heteroatoms. The molecule has 0 aromatic rings. The second-order valence-electron chi connectivity index (χ2n) is 7.35. The Kier molecular flexibility index (Phi) is 4.55. The van der Waals surface area contributed by atoms with Gasteiger partial charge < -0.3 is 15.4 Å². The molecule has 4 atom stereocenters. The van der Waals surface area contributed by atoms with Crippen LogP contribution in [0.5, 0.6) is 0 Å². The number of likely N-dealkylation sites (tertiary alicyclic amines) is 1. The Morgan fingerprint density at radius 3 is 2.86 bits per heavy atom. The minimum absolute atomic E-state index is 0.206. The number of ether oxygens (including phenoxy) is 1. The van der Waals surface area contributed by atoms with Crippen LogP contribution in [-0.2, 0) is 9.53 Å². The van der Waals surface area contributed by atoms with Crippen molar-refractivity contribution in [3.63, 3.8) is 0 Å². The van der Waals surface area contributed by atoms with E-state index < -0.39 is 5.54 Å². The number of esters is 1. The molecule has 2 N–H and O–H groups in total. The fourth-order valence-corrected chi connectivity index (χ4v) is 5.12. The maximum Gasteiger partial charge on any atom is 0.326 e. The average Bonchev–Trinajstić information content (AvgIpc) is 3.11. The van der Waals surface area contributed by atoms with Crippen LogP contribution in [0, 0.1) is 11.8 Å². The Hall–Kier alpha value is -0.610. The number of hydrogen-bond acceptors (Lipinski definition) is 4. The second-order valence-corrected chi connectivity index (χ2v) is 7.35. The molecule has 1 saturated heterocycles. The monoisotopic (exact) mass is 294 g/mol. The minimum Gasteiger partial charge on any atom is -0.468 e. The molecule has 3 fully saturated rings. The molecule has 2 saturated carbocycles. The summed E-state index contributed by atoms with van der Waals surface area (Å²) in [5, 5.41) is 0. The molecule has 4 nitrogen and oxygen atoms in total. The van der Waals surface area contributed by atoms with E-state index in [0.717, 1.165) is 44.2 Å². The number of hydrogen-bond donors (Lipinski definition) is 1. The lowest BCUT2D eigenvalue weighted by molar-refractivity contribution is -0.148. The smallest absolute Gasteiger partial charge is 0.326 e. The van der Waals surface area contributed by atoms with Crippen LogP contribution in [0.1, 0.15) is 57.8 Å². The first-order valence-electron chi connectivity index (χ1n) is 8.76. The Bertz CT molecular complexity index is 387. The van der Waals surface area contributed by atoms with Gasteiger partial charge >= 0.3 is 5.97 Å². The highest BCUT2D eigenvalue weighted by molar-refractivity contribution is 5.81. The SMILES string of the molecule is COC(=O)C1(N)CCCC1CCN1CCCC2CCCC21. The third kappa shape index (κ3) is 2.85. The Labute approximate surface area is 128 Å². The van der Waals surface area contributed by atoms with E-state index in [1.54, 1.807) is 0 Å². The number of piperidine rings is 1. The molecule has 21 heavy (non-hydrogen) atoms. The van der Waals surface area contributed by atoms with Gasteiger partial charge in [-0.3, -0.25) is 4.79 Å². The van der Waals surface area contributed by atoms with Gasteiger partial charge in [0.1, 0.15) is 5.54 Å². The van der Waals surface area contributed by atoms with Crippen molar-refractivity contribution in [3.05, 3.63) is 0 Å². The van der Waals surface area contributed by atoms with Gasteiger partial charge in [0.2, 0.25) is 0 Å². The van der Waals surface area contributed by atoms with Gasteiger partial charge in [-0.15, -0.1) is 0 Å². The highest BCUT2D eigenvalue weighted by Gasteiger charge is 2.46. The molecule has 0 bridgehead atoms. The van der Waals surface area contributed by atoms with Crippen LogP contribution in [-0.4, -0.2) is 42.6 Å². The highest BCUT2D eigenvalue weighted by atomic mass is 16.5. The molecule has 120 valence electrons. The lowest BCUT2D eigenvalue weighted by Crippen LogP contribution is -2.53. The van der Waals surface area contributed by atoms with E-state index in [4.69, 9.17) is 10.5 Å². The summed E-state index contributed by atoms with van der Waals surface area (Å²) in [6.07, 6.45) is 10.9. The van der Waals surface area contributed by atoms with Crippen LogP contribution < -0.4 is 5.73 Å². The zero-order valence-electron chi connectivity index (χ0n) is 13.4. The van der Waals surface area contributed by atoms with Crippen LogP contribution in [0.2, 0.25) is 0 Å². The van der Waals surface area contributed by atoms with Gasteiger partial charge in [-0.1, -0.05) is 12.8 Å². The highest BCUT2D eigenvalue weighted by Crippen LogP contribution is 2.40. The Morgan fingerprint density at radius 2 is 2.05 bits per heavy atom. The first kappa shape index (κ1) is 15.3. The third-order valence-corrected chi connectivity index (χ3v) is 6.31. The van der Waals surface area contributed by atoms with Crippen molar-refractivity contribution in [2.75, 3.05) is 20.2 Å². The Balaban J connectivity index is 1.58. The predicted molar refractivity (Wildman–Crippen MR) is 82.8 cm³/mol. The summed E-state index contributed by atoms with van der Waals surface area (Å²) < 4.78 is 4.95. The molecular weight excluding hydrogens is 264 g/mol. The summed E-state index contributed by atoms with van der Waals surface area (Å²) in [5.41, 5.74) is 5.66. The van der Waals surface area contributed by atoms with Crippen LogP contribution in [0.3, 0.4) is 0 Å². The lowest BCUT2D eigenvalue weighted by Gasteiger charge is -2.39. The van der Waals surface area contributed by atoms with Gasteiger partial charge in [0, 0.05) is 6.04 Å². The van der Waals surface area contributed by atoms with Crippen molar-refractivity contribution in [2.45, 2.75) is 69.4 Å². The standard InChI is InChI=1S/C17H30N2O2/c1-21-16(20)17(18)10-3-7-14(17)9-12-19-11-4-6-13-5-2-8-15(13)19/h13-15H,2-12,18H2,1H3. The molecule has 0 radical (unpaired) electrons. The van der Waals surface area contributed by atoms with Gasteiger partial charge in [-0.05, 0) is 69.9 Å². The summed E-state index contributed by atoms with van der Waals surface area (Å²) in [7, 11) is 1.46. The zero-order valence-corrected chi connectivity index (χ0v) is 13.4. The van der Waals surface area contributed by atoms with Gasteiger partial charge in [-0.2, -0.15) is 0 Å². The van der Waals surface area contributed by atoms with Crippen LogP contribution in [0.25, 0.3) is 0 Å².